The van der Waals surface area contributed by atoms with Crippen LogP contribution >= 0.6 is 6.72 Å². The van der Waals surface area contributed by atoms with Crippen molar-refractivity contribution in [3.63, 3.8) is 0 Å². The fourth-order valence-corrected chi connectivity index (χ4v) is 1.49. The topological polar surface area (TPSA) is 60.7 Å². The van der Waals surface area contributed by atoms with Crippen LogP contribution in [0.4, 0.5) is 0 Å². The summed E-state index contributed by atoms with van der Waals surface area (Å²) in [6.07, 6.45) is 13.9. The summed E-state index contributed by atoms with van der Waals surface area (Å²) in [6.45, 7) is 2.31. The van der Waals surface area contributed by atoms with E-state index in [0.717, 1.165) is 6.42 Å². The van der Waals surface area contributed by atoms with Gasteiger partial charge in [-0.3, -0.25) is 0 Å². The summed E-state index contributed by atoms with van der Waals surface area (Å²) in [6, 6.07) is 0. The molecule has 0 aliphatic carbocycles. The Morgan fingerprint density at radius 3 is 1.39 bits per heavy atom. The van der Waals surface area contributed by atoms with Crippen LogP contribution in [0.25, 0.3) is 0 Å². The number of rotatable bonds is 9. The van der Waals surface area contributed by atoms with Crippen molar-refractivity contribution in [3.05, 3.63) is 6.92 Å². The van der Waals surface area contributed by atoms with E-state index in [2.05, 4.69) is 25.7 Å². The quantitative estimate of drug-likeness (QED) is 0.246. The molecule has 0 aromatic rings. The molecule has 0 saturated carbocycles. The number of hydrogen-bond acceptors (Lipinski definition) is 1. The van der Waals surface area contributed by atoms with E-state index in [1.54, 1.807) is 0 Å². The van der Waals surface area contributed by atoms with Gasteiger partial charge in [0, 0.05) is 21.1 Å². The molecular formula is C12H28MoO3PS-. The zero-order valence-corrected chi connectivity index (χ0v) is 15.1. The van der Waals surface area contributed by atoms with Crippen LogP contribution in [0.1, 0.15) is 71.1 Å². The van der Waals surface area contributed by atoms with E-state index in [1.807, 2.05) is 0 Å². The Labute approximate surface area is 132 Å². The summed E-state index contributed by atoms with van der Waals surface area (Å²) in [5.74, 6) is 0. The molecule has 0 aliphatic heterocycles. The van der Waals surface area contributed by atoms with E-state index in [4.69, 9.17) is 14.7 Å². The minimum atomic E-state index is -3.81. The normalized spacial score (nSPS) is 10.3. The van der Waals surface area contributed by atoms with Crippen molar-refractivity contribution in [1.82, 2.24) is 0 Å². The smallest absolute Gasteiger partial charge is 0.319 e. The fourth-order valence-electron chi connectivity index (χ4n) is 1.49. The summed E-state index contributed by atoms with van der Waals surface area (Å²) in [5, 5.41) is 0. The molecule has 0 fully saturated rings. The van der Waals surface area contributed by atoms with Gasteiger partial charge in [0.25, 0.3) is 0 Å². The minimum absolute atomic E-state index is 0. The Morgan fingerprint density at radius 2 is 1.11 bits per heavy atom. The van der Waals surface area contributed by atoms with Crippen molar-refractivity contribution in [2.75, 3.05) is 0 Å². The molecule has 3 nitrogen and oxygen atoms in total. The Bertz CT molecular complexity index is 170. The summed E-state index contributed by atoms with van der Waals surface area (Å²) < 4.78 is 0. The monoisotopic (exact) mass is 381 g/mol. The maximum atomic E-state index is 7.56. The van der Waals surface area contributed by atoms with Gasteiger partial charge in [-0.05, 0) is 11.8 Å². The first-order valence-corrected chi connectivity index (χ1v) is 9.15. The van der Waals surface area contributed by atoms with Crippen LogP contribution in [0.3, 0.4) is 0 Å². The van der Waals surface area contributed by atoms with Gasteiger partial charge in [0.2, 0.25) is 0 Å². The molecule has 0 rings (SSSR count). The fraction of sp³-hybridized carbons (Fsp3) is 0.917. The SMILES string of the molecule is OP(O)(O)=S.[CH2-]CCCCCCCCCCC.[Mo]. The Hall–Kier alpha value is 1.22. The molecule has 0 amide bonds. The van der Waals surface area contributed by atoms with E-state index >= 15 is 0 Å². The molecule has 0 bridgehead atoms. The molecule has 6 heteroatoms. The Kier molecular flexibility index (Phi) is 24.5. The van der Waals surface area contributed by atoms with Gasteiger partial charge in [-0.2, -0.15) is 6.42 Å². The molecule has 0 unspecified atom stereocenters. The first kappa shape index (κ1) is 24.3. The molecule has 0 heterocycles. The van der Waals surface area contributed by atoms with Gasteiger partial charge in [0.1, 0.15) is 0 Å². The molecular weight excluding hydrogens is 351 g/mol. The molecule has 0 spiro atoms. The summed E-state index contributed by atoms with van der Waals surface area (Å²) >= 11 is 3.60. The minimum Gasteiger partial charge on any atom is -0.343 e. The number of hydrogen-bond donors (Lipinski definition) is 3. The Balaban J connectivity index is -0.000000321. The molecule has 0 saturated heterocycles. The van der Waals surface area contributed by atoms with Crippen molar-refractivity contribution >= 4 is 18.5 Å². The first-order chi connectivity index (χ1) is 7.91. The predicted molar refractivity (Wildman–Crippen MR) is 78.1 cm³/mol. The number of unbranched alkanes of at least 4 members (excludes halogenated alkanes) is 9. The zero-order chi connectivity index (χ0) is 13.6. The molecule has 0 radical (unpaired) electrons. The standard InChI is InChI=1S/C12H25.Mo.H3O3PS/c1-3-5-7-9-11-12-10-8-6-4-2;;1-4(2,3)5/h1,3-12H2,2H3;;(H3,1,2,3,5)/q-1;;. The van der Waals surface area contributed by atoms with E-state index < -0.39 is 6.72 Å². The van der Waals surface area contributed by atoms with Crippen LogP contribution in [0.5, 0.6) is 0 Å². The second-order valence-electron chi connectivity index (χ2n) is 4.20. The zero-order valence-electron chi connectivity index (χ0n) is 11.4. The van der Waals surface area contributed by atoms with E-state index in [0.29, 0.717) is 0 Å². The van der Waals surface area contributed by atoms with Crippen LogP contribution in [-0.4, -0.2) is 14.7 Å². The molecule has 18 heavy (non-hydrogen) atoms. The molecule has 112 valence electrons. The molecule has 0 atom stereocenters. The maximum absolute atomic E-state index is 7.56. The van der Waals surface area contributed by atoms with Gasteiger partial charge in [-0.1, -0.05) is 64.7 Å². The average Bonchev–Trinajstić information content (AvgIpc) is 2.20. The van der Waals surface area contributed by atoms with Gasteiger partial charge >= 0.3 is 6.72 Å². The third-order valence-corrected chi connectivity index (χ3v) is 2.35. The molecule has 0 aromatic heterocycles. The van der Waals surface area contributed by atoms with Gasteiger partial charge in [-0.25, -0.2) is 0 Å². The molecule has 0 aliphatic rings. The van der Waals surface area contributed by atoms with Crippen LogP contribution in [0.15, 0.2) is 0 Å². The third-order valence-electron chi connectivity index (χ3n) is 2.35. The molecule has 3 N–H and O–H groups in total. The predicted octanol–water partition coefficient (Wildman–Crippen LogP) is 3.93. The summed E-state index contributed by atoms with van der Waals surface area (Å²) in [7, 11) is 0. The van der Waals surface area contributed by atoms with E-state index in [-0.39, 0.29) is 21.1 Å². The van der Waals surface area contributed by atoms with Gasteiger partial charge in [0.05, 0.1) is 0 Å². The first-order valence-electron chi connectivity index (χ1n) is 6.49. The largest absolute Gasteiger partial charge is 0.343 e. The third kappa shape index (κ3) is 43.4. The van der Waals surface area contributed by atoms with Crippen molar-refractivity contribution < 1.29 is 35.7 Å². The second kappa shape index (κ2) is 18.2. The van der Waals surface area contributed by atoms with Crippen LogP contribution in [0.2, 0.25) is 0 Å². The summed E-state index contributed by atoms with van der Waals surface area (Å²) in [5.41, 5.74) is 0. The maximum Gasteiger partial charge on any atom is 0.319 e. The van der Waals surface area contributed by atoms with E-state index in [9.17, 15) is 0 Å². The van der Waals surface area contributed by atoms with Crippen LogP contribution in [0, 0.1) is 6.92 Å². The second-order valence-corrected chi connectivity index (χ2v) is 6.69. The molecule has 0 aromatic carbocycles. The van der Waals surface area contributed by atoms with Crippen molar-refractivity contribution in [1.29, 1.82) is 0 Å². The van der Waals surface area contributed by atoms with Crippen molar-refractivity contribution in [2.45, 2.75) is 71.1 Å². The van der Waals surface area contributed by atoms with Gasteiger partial charge in [0.15, 0.2) is 0 Å². The van der Waals surface area contributed by atoms with Crippen molar-refractivity contribution in [2.24, 2.45) is 0 Å². The van der Waals surface area contributed by atoms with E-state index in [1.165, 1.54) is 57.8 Å². The van der Waals surface area contributed by atoms with Crippen molar-refractivity contribution in [3.8, 4) is 0 Å². The average molecular weight is 379 g/mol. The van der Waals surface area contributed by atoms with Gasteiger partial charge < -0.3 is 21.6 Å². The van der Waals surface area contributed by atoms with Crippen LogP contribution in [-0.2, 0) is 32.9 Å². The van der Waals surface area contributed by atoms with Crippen LogP contribution < -0.4 is 0 Å². The summed E-state index contributed by atoms with van der Waals surface area (Å²) in [4.78, 5) is 22.7. The Morgan fingerprint density at radius 1 is 0.833 bits per heavy atom. The van der Waals surface area contributed by atoms with Gasteiger partial charge in [-0.15, -0.1) is 0 Å².